The smallest absolute Gasteiger partial charge is 0.0482 e. The number of nitrogens with two attached hydrogens (primary N) is 1. The molecule has 0 atom stereocenters. The van der Waals surface area contributed by atoms with Crippen LogP contribution in [0.1, 0.15) is 12.1 Å². The number of nitrogens with zero attached hydrogens (tertiary/aromatic N) is 1. The highest BCUT2D eigenvalue weighted by molar-refractivity contribution is 6.31. The Bertz CT molecular complexity index is 468. The van der Waals surface area contributed by atoms with Crippen molar-refractivity contribution in [1.82, 2.24) is 4.98 Å². The molecule has 0 unspecified atom stereocenters. The average Bonchev–Trinajstić information content (AvgIpc) is 2.25. The number of fused-ring (bicyclic) bond motifs is 1. The fourth-order valence-corrected chi connectivity index (χ4v) is 1.86. The summed E-state index contributed by atoms with van der Waals surface area (Å²) < 4.78 is 0. The Morgan fingerprint density at radius 2 is 2.13 bits per heavy atom. The molecule has 2 nitrogen and oxygen atoms in total. The Labute approximate surface area is 94.1 Å². The molecule has 0 aliphatic heterocycles. The van der Waals surface area contributed by atoms with Gasteiger partial charge in [0.05, 0.1) is 0 Å². The molecule has 1 aromatic carbocycles. The number of aryl methyl sites for hydroxylation is 1. The molecule has 3 heteroatoms. The molecule has 0 fully saturated rings. The Morgan fingerprint density at radius 3 is 2.93 bits per heavy atom. The van der Waals surface area contributed by atoms with E-state index in [2.05, 4.69) is 4.98 Å². The van der Waals surface area contributed by atoms with Crippen LogP contribution in [0, 0.1) is 0 Å². The lowest BCUT2D eigenvalue weighted by Gasteiger charge is -2.04. The molecule has 1 heterocycles. The number of halogens is 1. The predicted molar refractivity (Wildman–Crippen MR) is 64.1 cm³/mol. The summed E-state index contributed by atoms with van der Waals surface area (Å²) in [6.07, 6.45) is 3.72. The van der Waals surface area contributed by atoms with Gasteiger partial charge in [-0.05, 0) is 43.0 Å². The molecule has 0 spiro atoms. The van der Waals surface area contributed by atoms with Crippen LogP contribution in [-0.4, -0.2) is 11.5 Å². The number of benzene rings is 1. The predicted octanol–water partition coefficient (Wildman–Crippen LogP) is 2.78. The van der Waals surface area contributed by atoms with E-state index in [1.807, 2.05) is 30.5 Å². The molecule has 0 saturated carbocycles. The zero-order chi connectivity index (χ0) is 10.7. The summed E-state index contributed by atoms with van der Waals surface area (Å²) in [5.41, 5.74) is 6.60. The Kier molecular flexibility index (Phi) is 3.19. The van der Waals surface area contributed by atoms with Gasteiger partial charge in [-0.2, -0.15) is 0 Å². The van der Waals surface area contributed by atoms with Crippen molar-refractivity contribution in [2.24, 2.45) is 5.73 Å². The fourth-order valence-electron chi connectivity index (χ4n) is 1.68. The molecule has 0 amide bonds. The average molecular weight is 221 g/mol. The van der Waals surface area contributed by atoms with Crippen LogP contribution in [-0.2, 0) is 6.42 Å². The van der Waals surface area contributed by atoms with Crippen molar-refractivity contribution in [2.45, 2.75) is 12.8 Å². The van der Waals surface area contributed by atoms with Gasteiger partial charge in [-0.1, -0.05) is 17.7 Å². The molecule has 0 saturated heterocycles. The first-order chi connectivity index (χ1) is 7.31. The van der Waals surface area contributed by atoms with Crippen LogP contribution in [0.15, 0.2) is 30.5 Å². The molecular formula is C12H13ClN2. The van der Waals surface area contributed by atoms with Gasteiger partial charge in [0.15, 0.2) is 0 Å². The first-order valence-corrected chi connectivity index (χ1v) is 5.42. The van der Waals surface area contributed by atoms with Gasteiger partial charge in [0.2, 0.25) is 0 Å². The molecule has 78 valence electrons. The van der Waals surface area contributed by atoms with Gasteiger partial charge in [0.25, 0.3) is 0 Å². The highest BCUT2D eigenvalue weighted by Crippen LogP contribution is 2.21. The van der Waals surface area contributed by atoms with Crippen LogP contribution in [0.4, 0.5) is 0 Å². The lowest BCUT2D eigenvalue weighted by Crippen LogP contribution is -2.01. The summed E-state index contributed by atoms with van der Waals surface area (Å²) in [5.74, 6) is 0. The topological polar surface area (TPSA) is 38.9 Å². The number of hydrogen-bond acceptors (Lipinski definition) is 2. The van der Waals surface area contributed by atoms with E-state index in [-0.39, 0.29) is 0 Å². The largest absolute Gasteiger partial charge is 0.330 e. The molecule has 2 aromatic rings. The van der Waals surface area contributed by atoms with Crippen LogP contribution in [0.3, 0.4) is 0 Å². The quantitative estimate of drug-likeness (QED) is 0.864. The second-order valence-corrected chi connectivity index (χ2v) is 3.95. The number of hydrogen-bond donors (Lipinski definition) is 1. The van der Waals surface area contributed by atoms with Crippen molar-refractivity contribution in [3.8, 4) is 0 Å². The van der Waals surface area contributed by atoms with Crippen LogP contribution >= 0.6 is 11.6 Å². The Balaban J connectivity index is 2.46. The van der Waals surface area contributed by atoms with Crippen molar-refractivity contribution < 1.29 is 0 Å². The molecular weight excluding hydrogens is 208 g/mol. The summed E-state index contributed by atoms with van der Waals surface area (Å²) in [7, 11) is 0. The van der Waals surface area contributed by atoms with E-state index >= 15 is 0 Å². The molecule has 1 aromatic heterocycles. The zero-order valence-corrected chi connectivity index (χ0v) is 9.17. The van der Waals surface area contributed by atoms with Gasteiger partial charge in [0, 0.05) is 22.3 Å². The molecule has 0 bridgehead atoms. The third-order valence-electron chi connectivity index (χ3n) is 2.43. The van der Waals surface area contributed by atoms with Crippen LogP contribution in [0.5, 0.6) is 0 Å². The van der Waals surface area contributed by atoms with Crippen molar-refractivity contribution >= 4 is 22.4 Å². The lowest BCUT2D eigenvalue weighted by atomic mass is 10.1. The van der Waals surface area contributed by atoms with Gasteiger partial charge in [-0.25, -0.2) is 0 Å². The summed E-state index contributed by atoms with van der Waals surface area (Å²) in [6.45, 7) is 0.700. The Hall–Kier alpha value is -1.12. The maximum Gasteiger partial charge on any atom is 0.0482 e. The van der Waals surface area contributed by atoms with E-state index in [4.69, 9.17) is 17.3 Å². The highest BCUT2D eigenvalue weighted by Gasteiger charge is 2.02. The van der Waals surface area contributed by atoms with Gasteiger partial charge in [0.1, 0.15) is 0 Å². The maximum atomic E-state index is 5.93. The van der Waals surface area contributed by atoms with E-state index in [0.29, 0.717) is 6.54 Å². The Morgan fingerprint density at radius 1 is 1.27 bits per heavy atom. The second kappa shape index (κ2) is 4.60. The van der Waals surface area contributed by atoms with E-state index in [1.165, 1.54) is 5.39 Å². The third-order valence-corrected chi connectivity index (χ3v) is 2.66. The summed E-state index contributed by atoms with van der Waals surface area (Å²) in [4.78, 5) is 4.38. The molecule has 0 radical (unpaired) electrons. The van der Waals surface area contributed by atoms with Crippen molar-refractivity contribution in [2.75, 3.05) is 6.54 Å². The minimum atomic E-state index is 0.700. The minimum absolute atomic E-state index is 0.700. The van der Waals surface area contributed by atoms with Gasteiger partial charge in [-0.15, -0.1) is 0 Å². The molecule has 15 heavy (non-hydrogen) atoms. The van der Waals surface area contributed by atoms with E-state index in [9.17, 15) is 0 Å². The third kappa shape index (κ3) is 2.28. The number of rotatable bonds is 3. The maximum absolute atomic E-state index is 5.93. The van der Waals surface area contributed by atoms with E-state index in [1.54, 1.807) is 0 Å². The molecule has 0 aliphatic rings. The SMILES string of the molecule is NCCCc1nccc2cc(Cl)ccc12. The number of aromatic nitrogens is 1. The van der Waals surface area contributed by atoms with Gasteiger partial charge >= 0.3 is 0 Å². The van der Waals surface area contributed by atoms with Crippen LogP contribution in [0.25, 0.3) is 10.8 Å². The first-order valence-electron chi connectivity index (χ1n) is 5.04. The van der Waals surface area contributed by atoms with Crippen LogP contribution in [0.2, 0.25) is 5.02 Å². The van der Waals surface area contributed by atoms with Gasteiger partial charge in [-0.3, -0.25) is 4.98 Å². The zero-order valence-electron chi connectivity index (χ0n) is 8.41. The summed E-state index contributed by atoms with van der Waals surface area (Å²) >= 11 is 5.93. The van der Waals surface area contributed by atoms with E-state index < -0.39 is 0 Å². The molecule has 2 N–H and O–H groups in total. The monoisotopic (exact) mass is 220 g/mol. The van der Waals surface area contributed by atoms with Crippen molar-refractivity contribution in [3.63, 3.8) is 0 Å². The highest BCUT2D eigenvalue weighted by atomic mass is 35.5. The minimum Gasteiger partial charge on any atom is -0.330 e. The van der Waals surface area contributed by atoms with E-state index in [0.717, 1.165) is 28.9 Å². The summed E-state index contributed by atoms with van der Waals surface area (Å²) in [5, 5.41) is 3.08. The van der Waals surface area contributed by atoms with Crippen LogP contribution < -0.4 is 5.73 Å². The standard InChI is InChI=1S/C12H13ClN2/c13-10-3-4-11-9(8-10)5-7-15-12(11)2-1-6-14/h3-5,7-8H,1-2,6,14H2. The summed E-state index contributed by atoms with van der Waals surface area (Å²) in [6, 6.07) is 7.87. The number of pyridine rings is 1. The molecule has 0 aliphatic carbocycles. The van der Waals surface area contributed by atoms with Crippen molar-refractivity contribution in [3.05, 3.63) is 41.2 Å². The van der Waals surface area contributed by atoms with Gasteiger partial charge < -0.3 is 5.73 Å². The molecule has 2 rings (SSSR count). The fraction of sp³-hybridized carbons (Fsp3) is 0.250. The normalized spacial score (nSPS) is 10.8. The first kappa shape index (κ1) is 10.4. The lowest BCUT2D eigenvalue weighted by molar-refractivity contribution is 0.817. The van der Waals surface area contributed by atoms with Crippen molar-refractivity contribution in [1.29, 1.82) is 0 Å². The second-order valence-electron chi connectivity index (χ2n) is 3.52.